The average Bonchev–Trinajstić information content (AvgIpc) is 3.01. The third-order valence-electron chi connectivity index (χ3n) is 6.13. The lowest BCUT2D eigenvalue weighted by Crippen LogP contribution is -2.38. The molecule has 1 aromatic heterocycles. The van der Waals surface area contributed by atoms with E-state index in [4.69, 9.17) is 4.74 Å². The number of fused-ring (bicyclic) bond motifs is 1. The van der Waals surface area contributed by atoms with Gasteiger partial charge in [-0.25, -0.2) is 0 Å². The third kappa shape index (κ3) is 5.68. The molecule has 0 bridgehead atoms. The highest BCUT2D eigenvalue weighted by atomic mass is 19.4. The number of carbonyl (C=O) groups excluding carboxylic acids is 1. The Morgan fingerprint density at radius 3 is 2.52 bits per heavy atom. The summed E-state index contributed by atoms with van der Waals surface area (Å²) < 4.78 is 43.4. The molecule has 0 aliphatic carbocycles. The topological polar surface area (TPSA) is 48.6 Å². The van der Waals surface area contributed by atoms with E-state index in [9.17, 15) is 18.0 Å². The molecule has 3 aromatic rings. The number of alkyl halides is 3. The van der Waals surface area contributed by atoms with E-state index in [-0.39, 0.29) is 12.5 Å². The molecule has 1 aliphatic heterocycles. The number of rotatable bonds is 6. The number of aromatic amines is 1. The van der Waals surface area contributed by atoms with Gasteiger partial charge in [0, 0.05) is 49.2 Å². The lowest BCUT2D eigenvalue weighted by molar-refractivity contribution is -0.145. The van der Waals surface area contributed by atoms with Crippen LogP contribution in [0.4, 0.5) is 13.2 Å². The van der Waals surface area contributed by atoms with Crippen molar-refractivity contribution in [2.75, 3.05) is 39.8 Å². The van der Waals surface area contributed by atoms with E-state index in [2.05, 4.69) is 4.98 Å². The number of aromatic nitrogens is 1. The van der Waals surface area contributed by atoms with Gasteiger partial charge in [0.15, 0.2) is 0 Å². The first-order valence-corrected chi connectivity index (χ1v) is 11.1. The summed E-state index contributed by atoms with van der Waals surface area (Å²) in [5.41, 5.74) is 4.05. The Bertz CT molecular complexity index is 1090. The SMILES string of the molecule is COc1ccc(-c2[nH]c3ccccc3c2CCC(=O)N2CCCN(CC(F)(F)F)CC2)cc1. The number of halogens is 3. The number of carbonyl (C=O) groups is 1. The zero-order valence-electron chi connectivity index (χ0n) is 18.6. The van der Waals surface area contributed by atoms with Gasteiger partial charge in [-0.15, -0.1) is 0 Å². The van der Waals surface area contributed by atoms with Crippen molar-refractivity contribution < 1.29 is 22.7 Å². The molecule has 1 saturated heterocycles. The standard InChI is InChI=1S/C25H28F3N3O2/c1-33-19-9-7-18(8-10-19)24-21(20-5-2-3-6-22(20)29-24)11-12-23(32)31-14-4-13-30(15-16-31)17-25(26,27)28/h2-3,5-10,29H,4,11-17H2,1H3. The Morgan fingerprint density at radius 2 is 1.79 bits per heavy atom. The Balaban J connectivity index is 1.48. The summed E-state index contributed by atoms with van der Waals surface area (Å²) >= 11 is 0. The molecule has 1 N–H and O–H groups in total. The zero-order valence-corrected chi connectivity index (χ0v) is 18.6. The second-order valence-corrected chi connectivity index (χ2v) is 8.38. The van der Waals surface area contributed by atoms with Crippen LogP contribution in [0.1, 0.15) is 18.4 Å². The third-order valence-corrected chi connectivity index (χ3v) is 6.13. The van der Waals surface area contributed by atoms with Crippen LogP contribution in [0.2, 0.25) is 0 Å². The van der Waals surface area contributed by atoms with Crippen LogP contribution in [0, 0.1) is 0 Å². The number of amides is 1. The predicted octanol–water partition coefficient (Wildman–Crippen LogP) is 4.87. The smallest absolute Gasteiger partial charge is 0.401 e. The number of para-hydroxylation sites is 1. The number of nitrogens with one attached hydrogen (secondary N) is 1. The van der Waals surface area contributed by atoms with Gasteiger partial charge in [-0.05, 0) is 54.3 Å². The summed E-state index contributed by atoms with van der Waals surface area (Å²) in [7, 11) is 1.63. The summed E-state index contributed by atoms with van der Waals surface area (Å²) in [4.78, 5) is 19.5. The Hall–Kier alpha value is -3.00. The second kappa shape index (κ2) is 9.87. The quantitative estimate of drug-likeness (QED) is 0.572. The van der Waals surface area contributed by atoms with E-state index >= 15 is 0 Å². The summed E-state index contributed by atoms with van der Waals surface area (Å²) in [6.45, 7) is 0.499. The highest BCUT2D eigenvalue weighted by Gasteiger charge is 2.31. The molecular weight excluding hydrogens is 431 g/mol. The lowest BCUT2D eigenvalue weighted by atomic mass is 10.0. The van der Waals surface area contributed by atoms with E-state index in [0.717, 1.165) is 33.5 Å². The van der Waals surface area contributed by atoms with E-state index in [0.29, 0.717) is 38.9 Å². The summed E-state index contributed by atoms with van der Waals surface area (Å²) in [5.74, 6) is 0.752. The van der Waals surface area contributed by atoms with Crippen LogP contribution in [0.25, 0.3) is 22.2 Å². The average molecular weight is 460 g/mol. The molecule has 0 radical (unpaired) electrons. The number of aryl methyl sites for hydroxylation is 1. The van der Waals surface area contributed by atoms with Crippen molar-refractivity contribution in [3.05, 3.63) is 54.1 Å². The fourth-order valence-electron chi connectivity index (χ4n) is 4.49. The first kappa shape index (κ1) is 23.2. The largest absolute Gasteiger partial charge is 0.497 e. The van der Waals surface area contributed by atoms with Crippen LogP contribution in [0.15, 0.2) is 48.5 Å². The molecule has 0 spiro atoms. The van der Waals surface area contributed by atoms with Gasteiger partial charge >= 0.3 is 6.18 Å². The number of benzene rings is 2. The molecule has 5 nitrogen and oxygen atoms in total. The van der Waals surface area contributed by atoms with Crippen LogP contribution in [0.3, 0.4) is 0 Å². The minimum absolute atomic E-state index is 0.0187. The fourth-order valence-corrected chi connectivity index (χ4v) is 4.49. The molecule has 0 saturated carbocycles. The van der Waals surface area contributed by atoms with Gasteiger partial charge in [0.05, 0.1) is 13.7 Å². The van der Waals surface area contributed by atoms with Gasteiger partial charge in [0.2, 0.25) is 5.91 Å². The molecular formula is C25H28F3N3O2. The number of methoxy groups -OCH3 is 1. The Morgan fingerprint density at radius 1 is 1.03 bits per heavy atom. The van der Waals surface area contributed by atoms with Crippen molar-refractivity contribution in [1.82, 2.24) is 14.8 Å². The van der Waals surface area contributed by atoms with E-state index in [1.54, 1.807) is 12.0 Å². The van der Waals surface area contributed by atoms with Crippen LogP contribution in [-0.2, 0) is 11.2 Å². The van der Waals surface area contributed by atoms with E-state index < -0.39 is 12.7 Å². The monoisotopic (exact) mass is 459 g/mol. The van der Waals surface area contributed by atoms with Crippen LogP contribution in [0.5, 0.6) is 5.75 Å². The Labute approximate surface area is 191 Å². The van der Waals surface area contributed by atoms with Crippen LogP contribution < -0.4 is 4.74 Å². The van der Waals surface area contributed by atoms with Crippen molar-refractivity contribution in [1.29, 1.82) is 0 Å². The van der Waals surface area contributed by atoms with Crippen LogP contribution >= 0.6 is 0 Å². The van der Waals surface area contributed by atoms with Gasteiger partial charge in [-0.3, -0.25) is 9.69 Å². The number of hydrogen-bond acceptors (Lipinski definition) is 3. The molecule has 2 aromatic carbocycles. The molecule has 2 heterocycles. The van der Waals surface area contributed by atoms with Gasteiger partial charge in [0.1, 0.15) is 5.75 Å². The van der Waals surface area contributed by atoms with Crippen molar-refractivity contribution in [2.24, 2.45) is 0 Å². The summed E-state index contributed by atoms with van der Waals surface area (Å²) in [5, 5.41) is 1.07. The van der Waals surface area contributed by atoms with Gasteiger partial charge < -0.3 is 14.6 Å². The molecule has 1 aliphatic rings. The summed E-state index contributed by atoms with van der Waals surface area (Å²) in [6.07, 6.45) is -2.81. The number of nitrogens with zero attached hydrogens (tertiary/aromatic N) is 2. The second-order valence-electron chi connectivity index (χ2n) is 8.38. The van der Waals surface area contributed by atoms with Crippen molar-refractivity contribution in [2.45, 2.75) is 25.4 Å². The number of hydrogen-bond donors (Lipinski definition) is 1. The summed E-state index contributed by atoms with van der Waals surface area (Å²) in [6, 6.07) is 15.8. The minimum Gasteiger partial charge on any atom is -0.497 e. The molecule has 0 unspecified atom stereocenters. The molecule has 1 amide bonds. The molecule has 1 fully saturated rings. The van der Waals surface area contributed by atoms with Crippen LogP contribution in [-0.4, -0.2) is 66.7 Å². The van der Waals surface area contributed by atoms with E-state index in [1.807, 2.05) is 48.5 Å². The highest BCUT2D eigenvalue weighted by Crippen LogP contribution is 2.32. The van der Waals surface area contributed by atoms with Gasteiger partial charge in [0.25, 0.3) is 0 Å². The van der Waals surface area contributed by atoms with E-state index in [1.165, 1.54) is 4.90 Å². The van der Waals surface area contributed by atoms with Gasteiger partial charge in [-0.1, -0.05) is 18.2 Å². The molecule has 4 rings (SSSR count). The highest BCUT2D eigenvalue weighted by molar-refractivity contribution is 5.91. The van der Waals surface area contributed by atoms with Crippen molar-refractivity contribution >= 4 is 16.8 Å². The maximum absolute atomic E-state index is 13.0. The lowest BCUT2D eigenvalue weighted by Gasteiger charge is -2.23. The van der Waals surface area contributed by atoms with Gasteiger partial charge in [-0.2, -0.15) is 13.2 Å². The maximum Gasteiger partial charge on any atom is 0.401 e. The molecule has 8 heteroatoms. The Kier molecular flexibility index (Phi) is 6.93. The number of ether oxygens (including phenoxy) is 1. The molecule has 33 heavy (non-hydrogen) atoms. The molecule has 176 valence electrons. The first-order chi connectivity index (χ1) is 15.8. The fraction of sp³-hybridized carbons (Fsp3) is 0.400. The normalized spacial score (nSPS) is 15.6. The molecule has 0 atom stereocenters. The van der Waals surface area contributed by atoms with Crippen molar-refractivity contribution in [3.8, 4) is 17.0 Å². The predicted molar refractivity (Wildman–Crippen MR) is 122 cm³/mol. The maximum atomic E-state index is 13.0. The minimum atomic E-state index is -4.22. The number of H-pyrrole nitrogens is 1. The first-order valence-electron chi connectivity index (χ1n) is 11.1. The van der Waals surface area contributed by atoms with Crippen molar-refractivity contribution in [3.63, 3.8) is 0 Å². The zero-order chi connectivity index (χ0) is 23.4.